The van der Waals surface area contributed by atoms with Crippen molar-refractivity contribution in [3.8, 4) is 0 Å². The second kappa shape index (κ2) is 6.60. The molecule has 1 heterocycles. The lowest BCUT2D eigenvalue weighted by atomic mass is 10.0. The molecule has 1 aliphatic rings. The molecule has 116 valence electrons. The molecule has 1 rings (SSSR count). The van der Waals surface area contributed by atoms with Crippen molar-refractivity contribution in [3.05, 3.63) is 5.21 Å². The van der Waals surface area contributed by atoms with Crippen LogP contribution >= 0.6 is 0 Å². The number of hydrazine groups is 1. The molecule has 1 fully saturated rings. The summed E-state index contributed by atoms with van der Waals surface area (Å²) in [5.41, 5.74) is -0.671. The van der Waals surface area contributed by atoms with E-state index in [1.54, 1.807) is 20.8 Å². The second-order valence-electron chi connectivity index (χ2n) is 5.51. The van der Waals surface area contributed by atoms with Gasteiger partial charge in [-0.3, -0.25) is 4.84 Å². The molecule has 0 aliphatic carbocycles. The van der Waals surface area contributed by atoms with Gasteiger partial charge in [0.1, 0.15) is 5.60 Å². The summed E-state index contributed by atoms with van der Waals surface area (Å²) in [6.07, 6.45) is -1.95. The van der Waals surface area contributed by atoms with E-state index in [2.05, 4.69) is 5.28 Å². The highest BCUT2D eigenvalue weighted by Gasteiger charge is 2.32. The monoisotopic (exact) mass is 291 g/mol. The van der Waals surface area contributed by atoms with Crippen LogP contribution in [0.2, 0.25) is 0 Å². The molecule has 0 aromatic rings. The molecule has 0 saturated carbocycles. The summed E-state index contributed by atoms with van der Waals surface area (Å²) >= 11 is 0. The Morgan fingerprint density at radius 3 is 2.65 bits per heavy atom. The van der Waals surface area contributed by atoms with Crippen molar-refractivity contribution in [1.29, 1.82) is 0 Å². The van der Waals surface area contributed by atoms with Gasteiger partial charge in [0.25, 0.3) is 6.29 Å². The summed E-state index contributed by atoms with van der Waals surface area (Å²) in [5.74, 6) is 0.0806. The number of carbonyl (C=O) groups excluding carboxylic acids is 1. The number of carbonyl (C=O) groups is 1. The fourth-order valence-corrected chi connectivity index (χ4v) is 1.39. The van der Waals surface area contributed by atoms with Gasteiger partial charge in [-0.2, -0.15) is 0 Å². The molecule has 9 nitrogen and oxygen atoms in total. The largest absolute Gasteiger partial charge is 0.569 e. The molecule has 0 aromatic heterocycles. The Labute approximate surface area is 117 Å². The molecule has 20 heavy (non-hydrogen) atoms. The number of aliphatic hydroxyl groups excluding tert-OH is 1. The number of rotatable bonds is 5. The number of aliphatic hydroxyl groups is 1. The summed E-state index contributed by atoms with van der Waals surface area (Å²) in [6, 6.07) is 0. The van der Waals surface area contributed by atoms with Crippen molar-refractivity contribution in [2.24, 2.45) is 11.2 Å². The standard InChI is InChI=1S/C11H21N3O6/c1-8(18-10(16)19-11(2,3)4)20-12-14(17)13-5-9(6-13)7-15/h8-9,15H,5-7H2,1-4H3/b14-12+. The number of nitrogens with zero attached hydrogens (tertiary/aromatic N) is 3. The van der Waals surface area contributed by atoms with Crippen LogP contribution < -0.4 is 0 Å². The third-order valence-corrected chi connectivity index (χ3v) is 2.36. The number of hydrogen-bond acceptors (Lipinski definition) is 7. The maximum absolute atomic E-state index is 11.4. The molecule has 0 radical (unpaired) electrons. The highest BCUT2D eigenvalue weighted by molar-refractivity contribution is 5.60. The molecule has 0 bridgehead atoms. The van der Waals surface area contributed by atoms with Gasteiger partial charge in [0.15, 0.2) is 0 Å². The van der Waals surface area contributed by atoms with Crippen molar-refractivity contribution in [2.75, 3.05) is 19.7 Å². The highest BCUT2D eigenvalue weighted by atomic mass is 16.8. The Morgan fingerprint density at radius 2 is 2.15 bits per heavy atom. The highest BCUT2D eigenvalue weighted by Crippen LogP contribution is 2.15. The number of hydrogen-bond donors (Lipinski definition) is 1. The van der Waals surface area contributed by atoms with Crippen molar-refractivity contribution < 1.29 is 29.2 Å². The third kappa shape index (κ3) is 5.47. The smallest absolute Gasteiger partial charge is 0.511 e. The summed E-state index contributed by atoms with van der Waals surface area (Å²) in [4.78, 5) is 16.3. The second-order valence-corrected chi connectivity index (χ2v) is 5.51. The van der Waals surface area contributed by atoms with Crippen LogP contribution in [0.1, 0.15) is 27.7 Å². The molecular formula is C11H21N3O6. The summed E-state index contributed by atoms with van der Waals surface area (Å²) in [5, 5.41) is 24.8. The van der Waals surface area contributed by atoms with Gasteiger partial charge in [-0.05, 0) is 20.8 Å². The van der Waals surface area contributed by atoms with E-state index in [1.807, 2.05) is 0 Å². The van der Waals surface area contributed by atoms with Gasteiger partial charge in [-0.1, -0.05) is 0 Å². The van der Waals surface area contributed by atoms with Crippen LogP contribution in [0.5, 0.6) is 0 Å². The van der Waals surface area contributed by atoms with Gasteiger partial charge in [0, 0.05) is 19.4 Å². The zero-order chi connectivity index (χ0) is 15.3. The van der Waals surface area contributed by atoms with Gasteiger partial charge in [-0.25, -0.2) is 4.79 Å². The quantitative estimate of drug-likeness (QED) is 0.265. The summed E-state index contributed by atoms with van der Waals surface area (Å²) < 4.78 is 9.66. The molecule has 0 spiro atoms. The minimum absolute atomic E-state index is 0.0311. The van der Waals surface area contributed by atoms with Gasteiger partial charge in [-0.15, -0.1) is 5.01 Å². The van der Waals surface area contributed by atoms with Crippen molar-refractivity contribution in [1.82, 2.24) is 5.01 Å². The fourth-order valence-electron chi connectivity index (χ4n) is 1.39. The van der Waals surface area contributed by atoms with Crippen LogP contribution in [0, 0.1) is 11.1 Å². The van der Waals surface area contributed by atoms with Crippen LogP contribution in [0.3, 0.4) is 0 Å². The SMILES string of the molecule is CC(O/N=[N+](/[O-])N1CC(CO)C1)OC(=O)OC(C)(C)C. The van der Waals surface area contributed by atoms with E-state index in [0.717, 1.165) is 0 Å². The summed E-state index contributed by atoms with van der Waals surface area (Å²) in [6.45, 7) is 7.36. The molecular weight excluding hydrogens is 270 g/mol. The van der Waals surface area contributed by atoms with Crippen LogP contribution in [0.4, 0.5) is 4.79 Å². The third-order valence-electron chi connectivity index (χ3n) is 2.36. The average Bonchev–Trinajstić information content (AvgIpc) is 2.22. The summed E-state index contributed by atoms with van der Waals surface area (Å²) in [7, 11) is 0. The first-order chi connectivity index (χ1) is 9.21. The average molecular weight is 291 g/mol. The Bertz CT molecular complexity index is 362. The Balaban J connectivity index is 2.28. The molecule has 0 aromatic carbocycles. The van der Waals surface area contributed by atoms with Gasteiger partial charge < -0.3 is 19.8 Å². The van der Waals surface area contributed by atoms with Crippen LogP contribution in [0.15, 0.2) is 5.28 Å². The minimum Gasteiger partial charge on any atom is -0.569 e. The van der Waals surface area contributed by atoms with Crippen molar-refractivity contribution in [2.45, 2.75) is 39.6 Å². The Morgan fingerprint density at radius 1 is 1.55 bits per heavy atom. The van der Waals surface area contributed by atoms with E-state index in [4.69, 9.17) is 19.4 Å². The molecule has 1 N–H and O–H groups in total. The van der Waals surface area contributed by atoms with E-state index in [9.17, 15) is 10.0 Å². The lowest BCUT2D eigenvalue weighted by Gasteiger charge is -2.32. The van der Waals surface area contributed by atoms with Gasteiger partial charge in [0.2, 0.25) is 5.28 Å². The first kappa shape index (κ1) is 16.3. The predicted octanol–water partition coefficient (Wildman–Crippen LogP) is 1.02. The van der Waals surface area contributed by atoms with Gasteiger partial charge >= 0.3 is 6.16 Å². The Hall–Kier alpha value is -1.77. The van der Waals surface area contributed by atoms with E-state index in [1.165, 1.54) is 11.9 Å². The van der Waals surface area contributed by atoms with E-state index in [-0.39, 0.29) is 17.5 Å². The maximum Gasteiger partial charge on any atom is 0.511 e. The molecule has 9 heteroatoms. The lowest BCUT2D eigenvalue weighted by molar-refractivity contribution is -0.728. The molecule has 1 saturated heterocycles. The Kier molecular flexibility index (Phi) is 5.37. The predicted molar refractivity (Wildman–Crippen MR) is 66.1 cm³/mol. The van der Waals surface area contributed by atoms with Crippen LogP contribution in [-0.2, 0) is 14.3 Å². The van der Waals surface area contributed by atoms with E-state index >= 15 is 0 Å². The fraction of sp³-hybridized carbons (Fsp3) is 0.909. The zero-order valence-electron chi connectivity index (χ0n) is 12.1. The van der Waals surface area contributed by atoms with E-state index < -0.39 is 18.0 Å². The first-order valence-electron chi connectivity index (χ1n) is 6.30. The molecule has 1 unspecified atom stereocenters. The molecule has 1 atom stereocenters. The van der Waals surface area contributed by atoms with Gasteiger partial charge in [0.05, 0.1) is 18.1 Å². The molecule has 0 amide bonds. The van der Waals surface area contributed by atoms with Crippen molar-refractivity contribution >= 4 is 6.16 Å². The lowest BCUT2D eigenvalue weighted by Crippen LogP contribution is -2.51. The normalized spacial score (nSPS) is 18.2. The molecule has 1 aliphatic heterocycles. The van der Waals surface area contributed by atoms with E-state index in [0.29, 0.717) is 13.1 Å². The minimum atomic E-state index is -1.05. The number of ether oxygens (including phenoxy) is 2. The first-order valence-corrected chi connectivity index (χ1v) is 6.30. The topological polar surface area (TPSA) is 107 Å². The maximum atomic E-state index is 11.4. The van der Waals surface area contributed by atoms with Crippen molar-refractivity contribution in [3.63, 3.8) is 0 Å². The van der Waals surface area contributed by atoms with Crippen LogP contribution in [-0.4, -0.2) is 52.8 Å². The zero-order valence-corrected chi connectivity index (χ0v) is 12.1. The van der Waals surface area contributed by atoms with Crippen LogP contribution in [0.25, 0.3) is 0 Å².